The van der Waals surface area contributed by atoms with Gasteiger partial charge in [0.2, 0.25) is 0 Å². The summed E-state index contributed by atoms with van der Waals surface area (Å²) in [6, 6.07) is 6.77. The second kappa shape index (κ2) is 9.19. The van der Waals surface area contributed by atoms with Gasteiger partial charge >= 0.3 is 0 Å². The molecule has 0 saturated heterocycles. The summed E-state index contributed by atoms with van der Waals surface area (Å²) in [5, 5.41) is 40.9. The lowest BCUT2D eigenvalue weighted by Crippen LogP contribution is -2.21. The van der Waals surface area contributed by atoms with E-state index in [9.17, 15) is 25.2 Å². The number of aromatic hydroxyl groups is 3. The van der Waals surface area contributed by atoms with Crippen molar-refractivity contribution in [2.45, 2.75) is 45.6 Å². The molecule has 3 rings (SSSR count). The maximum absolute atomic E-state index is 13.0. The van der Waals surface area contributed by atoms with Gasteiger partial charge in [-0.3, -0.25) is 4.79 Å². The SMILES string of the molecule is C=C(C)C(CCC(C)(C)O)Cc1c(O)cc(O)c2c(=O)cc(-c3ccc(O)cc3OC)oc12. The van der Waals surface area contributed by atoms with Crippen molar-refractivity contribution in [1.82, 2.24) is 0 Å². The van der Waals surface area contributed by atoms with Crippen molar-refractivity contribution in [3.8, 4) is 34.3 Å². The van der Waals surface area contributed by atoms with Crippen molar-refractivity contribution in [3.05, 3.63) is 58.3 Å². The Morgan fingerprint density at radius 2 is 1.85 bits per heavy atom. The molecule has 33 heavy (non-hydrogen) atoms. The quantitative estimate of drug-likeness (QED) is 0.358. The molecular weight excluding hydrogens is 424 g/mol. The summed E-state index contributed by atoms with van der Waals surface area (Å²) in [5.41, 5.74) is 0.383. The molecule has 176 valence electrons. The Balaban J connectivity index is 2.20. The first-order chi connectivity index (χ1) is 15.4. The van der Waals surface area contributed by atoms with E-state index in [4.69, 9.17) is 9.15 Å². The third-order valence-electron chi connectivity index (χ3n) is 5.76. The van der Waals surface area contributed by atoms with Crippen molar-refractivity contribution in [3.63, 3.8) is 0 Å². The molecule has 0 saturated carbocycles. The van der Waals surface area contributed by atoms with Gasteiger partial charge in [-0.15, -0.1) is 0 Å². The first-order valence-corrected chi connectivity index (χ1v) is 10.7. The van der Waals surface area contributed by atoms with E-state index in [2.05, 4.69) is 6.58 Å². The molecule has 0 radical (unpaired) electrons. The maximum Gasteiger partial charge on any atom is 0.197 e. The van der Waals surface area contributed by atoms with Gasteiger partial charge in [-0.1, -0.05) is 12.2 Å². The van der Waals surface area contributed by atoms with Crippen molar-refractivity contribution in [2.75, 3.05) is 7.11 Å². The van der Waals surface area contributed by atoms with Crippen LogP contribution in [0.2, 0.25) is 0 Å². The first-order valence-electron chi connectivity index (χ1n) is 10.7. The molecular formula is C26H30O7. The van der Waals surface area contributed by atoms with Gasteiger partial charge in [-0.25, -0.2) is 0 Å². The average Bonchev–Trinajstić information content (AvgIpc) is 2.71. The summed E-state index contributed by atoms with van der Waals surface area (Å²) in [6.07, 6.45) is 1.42. The fourth-order valence-electron chi connectivity index (χ4n) is 3.86. The van der Waals surface area contributed by atoms with Crippen LogP contribution in [-0.2, 0) is 6.42 Å². The monoisotopic (exact) mass is 454 g/mol. The van der Waals surface area contributed by atoms with Crippen LogP contribution in [0.1, 0.15) is 39.2 Å². The zero-order chi connectivity index (χ0) is 24.5. The summed E-state index contributed by atoms with van der Waals surface area (Å²) >= 11 is 0. The summed E-state index contributed by atoms with van der Waals surface area (Å²) in [4.78, 5) is 13.0. The van der Waals surface area contributed by atoms with Crippen LogP contribution in [0.3, 0.4) is 0 Å². The van der Waals surface area contributed by atoms with E-state index in [0.717, 1.165) is 11.6 Å². The van der Waals surface area contributed by atoms with Crippen molar-refractivity contribution < 1.29 is 29.6 Å². The second-order valence-electron chi connectivity index (χ2n) is 9.06. The van der Waals surface area contributed by atoms with E-state index in [-0.39, 0.29) is 39.9 Å². The third-order valence-corrected chi connectivity index (χ3v) is 5.76. The van der Waals surface area contributed by atoms with E-state index < -0.39 is 11.0 Å². The van der Waals surface area contributed by atoms with Crippen LogP contribution in [0.5, 0.6) is 23.0 Å². The Morgan fingerprint density at radius 3 is 2.45 bits per heavy atom. The number of fused-ring (bicyclic) bond motifs is 1. The molecule has 0 aliphatic carbocycles. The number of hydrogen-bond donors (Lipinski definition) is 4. The molecule has 4 N–H and O–H groups in total. The molecule has 0 spiro atoms. The predicted molar refractivity (Wildman–Crippen MR) is 127 cm³/mol. The van der Waals surface area contributed by atoms with Gasteiger partial charge in [0, 0.05) is 23.8 Å². The number of hydrogen-bond acceptors (Lipinski definition) is 7. The number of methoxy groups -OCH3 is 1. The fraction of sp³-hybridized carbons (Fsp3) is 0.346. The molecule has 0 aliphatic heterocycles. The van der Waals surface area contributed by atoms with Crippen LogP contribution >= 0.6 is 0 Å². The summed E-state index contributed by atoms with van der Waals surface area (Å²) in [6.45, 7) is 9.38. The number of rotatable bonds is 8. The molecule has 1 aromatic heterocycles. The van der Waals surface area contributed by atoms with Crippen LogP contribution in [0, 0.1) is 5.92 Å². The lowest BCUT2D eigenvalue weighted by molar-refractivity contribution is 0.0651. The lowest BCUT2D eigenvalue weighted by atomic mass is 9.85. The minimum atomic E-state index is -0.859. The van der Waals surface area contributed by atoms with Gasteiger partial charge in [0.25, 0.3) is 0 Å². The van der Waals surface area contributed by atoms with Gasteiger partial charge in [-0.2, -0.15) is 0 Å². The summed E-state index contributed by atoms with van der Waals surface area (Å²) in [7, 11) is 1.43. The maximum atomic E-state index is 13.0. The Labute approximate surface area is 192 Å². The zero-order valence-corrected chi connectivity index (χ0v) is 19.3. The molecule has 7 nitrogen and oxygen atoms in total. The van der Waals surface area contributed by atoms with Gasteiger partial charge in [0.15, 0.2) is 5.43 Å². The predicted octanol–water partition coefficient (Wildman–Crippen LogP) is 4.87. The van der Waals surface area contributed by atoms with Gasteiger partial charge in [0.05, 0.1) is 18.3 Å². The van der Waals surface area contributed by atoms with Crippen LogP contribution in [0.4, 0.5) is 0 Å². The zero-order valence-electron chi connectivity index (χ0n) is 19.3. The van der Waals surface area contributed by atoms with Gasteiger partial charge < -0.3 is 29.6 Å². The number of ether oxygens (including phenoxy) is 1. The van der Waals surface area contributed by atoms with Crippen LogP contribution < -0.4 is 10.2 Å². The third kappa shape index (κ3) is 5.31. The van der Waals surface area contributed by atoms with Crippen LogP contribution in [0.15, 0.2) is 51.7 Å². The number of phenolic OH excluding ortho intramolecular Hbond substituents is 3. The minimum Gasteiger partial charge on any atom is -0.508 e. The minimum absolute atomic E-state index is 0.00850. The highest BCUT2D eigenvalue weighted by Gasteiger charge is 2.24. The lowest BCUT2D eigenvalue weighted by Gasteiger charge is -2.23. The second-order valence-corrected chi connectivity index (χ2v) is 9.06. The van der Waals surface area contributed by atoms with E-state index in [1.54, 1.807) is 19.9 Å². The number of phenols is 3. The average molecular weight is 455 g/mol. The van der Waals surface area contributed by atoms with Crippen LogP contribution in [-0.4, -0.2) is 33.1 Å². The highest BCUT2D eigenvalue weighted by atomic mass is 16.5. The van der Waals surface area contributed by atoms with Crippen molar-refractivity contribution >= 4 is 11.0 Å². The fourth-order valence-corrected chi connectivity index (χ4v) is 3.86. The molecule has 0 bridgehead atoms. The largest absolute Gasteiger partial charge is 0.508 e. The highest BCUT2D eigenvalue weighted by molar-refractivity contribution is 5.89. The number of allylic oxidation sites excluding steroid dienone is 1. The van der Waals surface area contributed by atoms with Gasteiger partial charge in [-0.05, 0) is 58.1 Å². The topological polar surface area (TPSA) is 120 Å². The molecule has 0 amide bonds. The Morgan fingerprint density at radius 1 is 1.15 bits per heavy atom. The molecule has 7 heteroatoms. The molecule has 1 heterocycles. The summed E-state index contributed by atoms with van der Waals surface area (Å²) < 4.78 is 11.4. The highest BCUT2D eigenvalue weighted by Crippen LogP contribution is 2.40. The van der Waals surface area contributed by atoms with Gasteiger partial charge in [0.1, 0.15) is 39.7 Å². The van der Waals surface area contributed by atoms with Crippen molar-refractivity contribution in [1.29, 1.82) is 0 Å². The van der Waals surface area contributed by atoms with Crippen molar-refractivity contribution in [2.24, 2.45) is 5.92 Å². The van der Waals surface area contributed by atoms with E-state index in [1.807, 2.05) is 6.92 Å². The van der Waals surface area contributed by atoms with E-state index in [1.165, 1.54) is 25.3 Å². The molecule has 0 fully saturated rings. The number of aliphatic hydroxyl groups is 1. The normalized spacial score (nSPS) is 12.6. The molecule has 1 unspecified atom stereocenters. The van der Waals surface area contributed by atoms with Crippen LogP contribution in [0.25, 0.3) is 22.3 Å². The number of benzene rings is 2. The summed E-state index contributed by atoms with van der Waals surface area (Å²) in [5.74, 6) is -0.231. The smallest absolute Gasteiger partial charge is 0.197 e. The molecule has 0 aliphatic rings. The first kappa shape index (κ1) is 24.2. The Kier molecular flexibility index (Phi) is 6.74. The molecule has 1 atom stereocenters. The Bertz CT molecular complexity index is 1250. The van der Waals surface area contributed by atoms with E-state index in [0.29, 0.717) is 36.1 Å². The standard InChI is InChI=1S/C26H30O7/c1-14(2)15(8-9-26(3,4)31)10-18-19(28)12-20(29)24-21(30)13-23(33-25(18)24)17-7-6-16(27)11-22(17)32-5/h6-7,11-13,15,27-29,31H,1,8-10H2,2-5H3. The molecule has 3 aromatic rings. The Hall–Kier alpha value is -3.45. The molecule has 2 aromatic carbocycles. The van der Waals surface area contributed by atoms with E-state index >= 15 is 0 Å².